The fourth-order valence-corrected chi connectivity index (χ4v) is 2.72. The molecule has 2 heterocycles. The zero-order valence-corrected chi connectivity index (χ0v) is 13.8. The van der Waals surface area contributed by atoms with Gasteiger partial charge >= 0.3 is 0 Å². The van der Waals surface area contributed by atoms with E-state index in [9.17, 15) is 0 Å². The Kier molecular flexibility index (Phi) is 4.61. The van der Waals surface area contributed by atoms with Crippen LogP contribution in [0.15, 0.2) is 38.3 Å². The second kappa shape index (κ2) is 6.82. The molecule has 0 bridgehead atoms. The van der Waals surface area contributed by atoms with Crippen LogP contribution in [0.2, 0.25) is 0 Å². The number of hydrogen-bond acceptors (Lipinski definition) is 8. The Morgan fingerprint density at radius 2 is 2.04 bits per heavy atom. The fraction of sp³-hybridized carbons (Fsp3) is 0.333. The Hall–Kier alpha value is -2.35. The van der Waals surface area contributed by atoms with Gasteiger partial charge in [0.2, 0.25) is 17.7 Å². The molecular weight excluding hydrogens is 316 g/mol. The van der Waals surface area contributed by atoms with Crippen molar-refractivity contribution in [2.45, 2.75) is 30.7 Å². The average molecular weight is 332 g/mol. The number of nitrogens with zero attached hydrogens (tertiary/aromatic N) is 4. The molecule has 0 spiro atoms. The smallest absolute Gasteiger partial charge is 0.277 e. The van der Waals surface area contributed by atoms with Crippen molar-refractivity contribution in [3.05, 3.63) is 47.5 Å². The molecule has 0 fully saturated rings. The molecule has 0 aliphatic heterocycles. The second-order valence-corrected chi connectivity index (χ2v) is 6.20. The highest BCUT2D eigenvalue weighted by Gasteiger charge is 2.18. The van der Waals surface area contributed by atoms with E-state index in [-0.39, 0.29) is 5.25 Å². The predicted molar refractivity (Wildman–Crippen MR) is 83.4 cm³/mol. The molecule has 0 aliphatic rings. The number of hydrogen-bond donors (Lipinski definition) is 0. The van der Waals surface area contributed by atoms with Gasteiger partial charge in [-0.1, -0.05) is 23.9 Å². The topological polar surface area (TPSA) is 87.1 Å². The number of aryl methyl sites for hydroxylation is 1. The van der Waals surface area contributed by atoms with Crippen molar-refractivity contribution in [1.29, 1.82) is 0 Å². The number of thioether (sulfide) groups is 1. The van der Waals surface area contributed by atoms with Crippen LogP contribution in [0.5, 0.6) is 5.75 Å². The van der Waals surface area contributed by atoms with E-state index in [4.69, 9.17) is 13.6 Å². The van der Waals surface area contributed by atoms with Crippen molar-refractivity contribution in [3.63, 3.8) is 0 Å². The van der Waals surface area contributed by atoms with E-state index >= 15 is 0 Å². The SMILES string of the molecule is COc1cccc(Cc2nnc(S[C@@H](C)c3nnc(C)o3)o2)c1. The number of rotatable bonds is 6. The number of methoxy groups -OCH3 is 1. The Balaban J connectivity index is 1.65. The normalized spacial score (nSPS) is 12.3. The summed E-state index contributed by atoms with van der Waals surface area (Å²) in [5, 5.41) is 16.4. The third-order valence-electron chi connectivity index (χ3n) is 3.10. The summed E-state index contributed by atoms with van der Waals surface area (Å²) in [5.74, 6) is 2.43. The third-order valence-corrected chi connectivity index (χ3v) is 4.03. The molecular formula is C15H16N4O3S. The van der Waals surface area contributed by atoms with Crippen LogP contribution in [-0.4, -0.2) is 27.5 Å². The van der Waals surface area contributed by atoms with Crippen molar-refractivity contribution in [2.75, 3.05) is 7.11 Å². The fourth-order valence-electron chi connectivity index (χ4n) is 1.99. The van der Waals surface area contributed by atoms with Gasteiger partial charge in [-0.3, -0.25) is 0 Å². The van der Waals surface area contributed by atoms with Crippen LogP contribution in [0.4, 0.5) is 0 Å². The first kappa shape index (κ1) is 15.5. The minimum atomic E-state index is -0.0543. The van der Waals surface area contributed by atoms with Gasteiger partial charge in [-0.25, -0.2) is 0 Å². The van der Waals surface area contributed by atoms with Crippen LogP contribution >= 0.6 is 11.8 Å². The molecule has 1 aromatic carbocycles. The third kappa shape index (κ3) is 3.89. The summed E-state index contributed by atoms with van der Waals surface area (Å²) in [4.78, 5) is 0. The number of aromatic nitrogens is 4. The van der Waals surface area contributed by atoms with Crippen molar-refractivity contribution < 1.29 is 13.6 Å². The molecule has 0 aliphatic carbocycles. The van der Waals surface area contributed by atoms with E-state index in [2.05, 4.69) is 20.4 Å². The first-order valence-corrected chi connectivity index (χ1v) is 7.94. The second-order valence-electron chi connectivity index (χ2n) is 4.91. The lowest BCUT2D eigenvalue weighted by molar-refractivity contribution is 0.411. The largest absolute Gasteiger partial charge is 0.497 e. The van der Waals surface area contributed by atoms with E-state index in [1.54, 1.807) is 14.0 Å². The molecule has 0 N–H and O–H groups in total. The van der Waals surface area contributed by atoms with Crippen molar-refractivity contribution in [2.24, 2.45) is 0 Å². The molecule has 23 heavy (non-hydrogen) atoms. The lowest BCUT2D eigenvalue weighted by Crippen LogP contribution is -1.90. The van der Waals surface area contributed by atoms with Gasteiger partial charge in [-0.2, -0.15) is 0 Å². The van der Waals surface area contributed by atoms with E-state index in [0.29, 0.717) is 29.3 Å². The van der Waals surface area contributed by atoms with Crippen LogP contribution in [0.25, 0.3) is 0 Å². The van der Waals surface area contributed by atoms with Gasteiger partial charge < -0.3 is 13.6 Å². The Bertz CT molecular complexity index is 786. The lowest BCUT2D eigenvalue weighted by atomic mass is 10.1. The Morgan fingerprint density at radius 3 is 2.78 bits per heavy atom. The standard InChI is InChI=1S/C15H16N4O3S/c1-9(14-18-16-10(2)21-14)23-15-19-17-13(22-15)8-11-5-4-6-12(7-11)20-3/h4-7,9H,8H2,1-3H3/t9-/m0/s1. The molecule has 120 valence electrons. The van der Waals surface area contributed by atoms with Crippen LogP contribution < -0.4 is 4.74 Å². The highest BCUT2D eigenvalue weighted by Crippen LogP contribution is 2.33. The molecule has 0 saturated carbocycles. The first-order valence-electron chi connectivity index (χ1n) is 7.06. The zero-order valence-electron chi connectivity index (χ0n) is 13.0. The van der Waals surface area contributed by atoms with Crippen LogP contribution in [0.3, 0.4) is 0 Å². The van der Waals surface area contributed by atoms with Crippen LogP contribution in [0.1, 0.15) is 35.4 Å². The molecule has 3 rings (SSSR count). The van der Waals surface area contributed by atoms with Gasteiger partial charge in [-0.05, 0) is 24.6 Å². The zero-order chi connectivity index (χ0) is 16.2. The molecule has 0 radical (unpaired) electrons. The summed E-state index contributed by atoms with van der Waals surface area (Å²) < 4.78 is 16.3. The van der Waals surface area contributed by atoms with Gasteiger partial charge in [0.05, 0.1) is 18.8 Å². The molecule has 0 saturated heterocycles. The molecule has 8 heteroatoms. The minimum absolute atomic E-state index is 0.0543. The molecule has 2 aromatic heterocycles. The quantitative estimate of drug-likeness (QED) is 0.636. The number of benzene rings is 1. The molecule has 0 amide bonds. The first-order chi connectivity index (χ1) is 11.1. The summed E-state index contributed by atoms with van der Waals surface area (Å²) in [6.45, 7) is 3.70. The summed E-state index contributed by atoms with van der Waals surface area (Å²) in [7, 11) is 1.64. The van der Waals surface area contributed by atoms with Crippen LogP contribution in [-0.2, 0) is 6.42 Å². The number of ether oxygens (including phenoxy) is 1. The molecule has 1 atom stereocenters. The highest BCUT2D eigenvalue weighted by atomic mass is 32.2. The molecule has 7 nitrogen and oxygen atoms in total. The van der Waals surface area contributed by atoms with E-state index in [1.807, 2.05) is 31.2 Å². The Morgan fingerprint density at radius 1 is 1.17 bits per heavy atom. The van der Waals surface area contributed by atoms with Crippen molar-refractivity contribution in [1.82, 2.24) is 20.4 Å². The highest BCUT2D eigenvalue weighted by molar-refractivity contribution is 7.99. The average Bonchev–Trinajstić information content (AvgIpc) is 3.16. The van der Waals surface area contributed by atoms with Gasteiger partial charge in [0.15, 0.2) is 0 Å². The van der Waals surface area contributed by atoms with Crippen molar-refractivity contribution in [3.8, 4) is 5.75 Å². The maximum atomic E-state index is 5.67. The summed E-state index contributed by atoms with van der Waals surface area (Å²) >= 11 is 1.39. The maximum absolute atomic E-state index is 5.67. The van der Waals surface area contributed by atoms with E-state index in [1.165, 1.54) is 11.8 Å². The van der Waals surface area contributed by atoms with Gasteiger partial charge in [0.1, 0.15) is 5.75 Å². The summed E-state index contributed by atoms with van der Waals surface area (Å²) in [6.07, 6.45) is 0.554. The van der Waals surface area contributed by atoms with Crippen LogP contribution in [0, 0.1) is 6.92 Å². The van der Waals surface area contributed by atoms with Gasteiger partial charge in [0.25, 0.3) is 5.22 Å². The van der Waals surface area contributed by atoms with E-state index in [0.717, 1.165) is 11.3 Å². The summed E-state index contributed by atoms with van der Waals surface area (Å²) in [5.41, 5.74) is 1.05. The molecule has 0 unspecified atom stereocenters. The summed E-state index contributed by atoms with van der Waals surface area (Å²) in [6, 6.07) is 7.76. The van der Waals surface area contributed by atoms with Crippen molar-refractivity contribution >= 4 is 11.8 Å². The van der Waals surface area contributed by atoms with Gasteiger partial charge in [-0.15, -0.1) is 20.4 Å². The lowest BCUT2D eigenvalue weighted by Gasteiger charge is -2.02. The predicted octanol–water partition coefficient (Wildman–Crippen LogP) is 3.21. The van der Waals surface area contributed by atoms with Gasteiger partial charge in [0, 0.05) is 6.92 Å². The minimum Gasteiger partial charge on any atom is -0.497 e. The Labute approximate surface area is 137 Å². The van der Waals surface area contributed by atoms with E-state index < -0.39 is 0 Å². The maximum Gasteiger partial charge on any atom is 0.277 e. The monoisotopic (exact) mass is 332 g/mol. The molecule has 3 aromatic rings.